The van der Waals surface area contributed by atoms with E-state index in [0.717, 1.165) is 5.57 Å². The fourth-order valence-corrected chi connectivity index (χ4v) is 1.73. The highest BCUT2D eigenvalue weighted by molar-refractivity contribution is 5.70. The molecule has 80 valence electrons. The van der Waals surface area contributed by atoms with Crippen molar-refractivity contribution >= 4 is 5.97 Å². The van der Waals surface area contributed by atoms with Crippen LogP contribution in [0.1, 0.15) is 19.8 Å². The van der Waals surface area contributed by atoms with Crippen LogP contribution in [0.15, 0.2) is 11.6 Å². The van der Waals surface area contributed by atoms with Gasteiger partial charge in [0.25, 0.3) is 0 Å². The first-order valence-electron chi connectivity index (χ1n) is 4.85. The zero-order chi connectivity index (χ0) is 10.6. The average Bonchev–Trinajstić information content (AvgIpc) is 2.14. The lowest BCUT2D eigenvalue weighted by Gasteiger charge is -2.24. The molecule has 1 rings (SSSR count). The van der Waals surface area contributed by atoms with Crippen molar-refractivity contribution in [2.45, 2.75) is 25.9 Å². The number of carboxylic acid groups (broad SMARTS) is 1. The fourth-order valence-electron chi connectivity index (χ4n) is 1.73. The second-order valence-corrected chi connectivity index (χ2v) is 3.69. The van der Waals surface area contributed by atoms with Gasteiger partial charge in [0.05, 0.1) is 18.6 Å². The highest BCUT2D eigenvalue weighted by atomic mass is 16.5. The molecule has 0 aliphatic heterocycles. The van der Waals surface area contributed by atoms with Crippen LogP contribution < -0.4 is 5.73 Å². The first-order chi connectivity index (χ1) is 6.63. The molecule has 1 aliphatic carbocycles. The zero-order valence-electron chi connectivity index (χ0n) is 8.40. The van der Waals surface area contributed by atoms with Crippen molar-refractivity contribution in [2.24, 2.45) is 11.7 Å². The molecule has 0 radical (unpaired) electrons. The second kappa shape index (κ2) is 5.12. The molecule has 0 aromatic rings. The molecular weight excluding hydrogens is 182 g/mol. The second-order valence-electron chi connectivity index (χ2n) is 3.69. The minimum atomic E-state index is -0.737. The third kappa shape index (κ3) is 3.12. The van der Waals surface area contributed by atoms with Crippen molar-refractivity contribution < 1.29 is 14.6 Å². The van der Waals surface area contributed by atoms with E-state index in [1.165, 1.54) is 0 Å². The van der Waals surface area contributed by atoms with Gasteiger partial charge in [0.1, 0.15) is 0 Å². The molecule has 0 aromatic heterocycles. The van der Waals surface area contributed by atoms with Gasteiger partial charge < -0.3 is 15.6 Å². The molecule has 0 saturated heterocycles. The van der Waals surface area contributed by atoms with E-state index in [4.69, 9.17) is 15.6 Å². The van der Waals surface area contributed by atoms with Crippen molar-refractivity contribution in [1.29, 1.82) is 0 Å². The van der Waals surface area contributed by atoms with Crippen LogP contribution in [0.3, 0.4) is 0 Å². The number of carboxylic acids is 1. The van der Waals surface area contributed by atoms with Gasteiger partial charge >= 0.3 is 5.97 Å². The highest BCUT2D eigenvalue weighted by Crippen LogP contribution is 2.25. The SMILES string of the molecule is CC1=CC(OCCN)CC(C(=O)O)C1. The van der Waals surface area contributed by atoms with Crippen LogP contribution >= 0.6 is 0 Å². The maximum atomic E-state index is 10.8. The summed E-state index contributed by atoms with van der Waals surface area (Å²) < 4.78 is 5.42. The van der Waals surface area contributed by atoms with Gasteiger partial charge in [0.15, 0.2) is 0 Å². The highest BCUT2D eigenvalue weighted by Gasteiger charge is 2.26. The number of rotatable bonds is 4. The molecular formula is C10H17NO3. The number of carbonyl (C=O) groups is 1. The normalized spacial score (nSPS) is 27.1. The van der Waals surface area contributed by atoms with Crippen LogP contribution in [-0.2, 0) is 9.53 Å². The van der Waals surface area contributed by atoms with Gasteiger partial charge in [0.2, 0.25) is 0 Å². The molecule has 0 fully saturated rings. The molecule has 0 spiro atoms. The summed E-state index contributed by atoms with van der Waals surface area (Å²) >= 11 is 0. The summed E-state index contributed by atoms with van der Waals surface area (Å²) in [6, 6.07) is 0. The van der Waals surface area contributed by atoms with Gasteiger partial charge in [-0.3, -0.25) is 4.79 Å². The van der Waals surface area contributed by atoms with E-state index in [9.17, 15) is 4.79 Å². The molecule has 0 amide bonds. The zero-order valence-corrected chi connectivity index (χ0v) is 8.40. The lowest BCUT2D eigenvalue weighted by molar-refractivity contribution is -0.143. The summed E-state index contributed by atoms with van der Waals surface area (Å²) in [5, 5.41) is 8.89. The molecule has 0 bridgehead atoms. The van der Waals surface area contributed by atoms with E-state index in [1.807, 2.05) is 13.0 Å². The molecule has 0 saturated carbocycles. The Morgan fingerprint density at radius 2 is 2.50 bits per heavy atom. The van der Waals surface area contributed by atoms with Crippen molar-refractivity contribution in [2.75, 3.05) is 13.2 Å². The average molecular weight is 199 g/mol. The number of aliphatic carboxylic acids is 1. The summed E-state index contributed by atoms with van der Waals surface area (Å²) in [5.74, 6) is -1.04. The third-order valence-corrected chi connectivity index (χ3v) is 2.35. The van der Waals surface area contributed by atoms with Gasteiger partial charge in [0, 0.05) is 6.54 Å². The molecule has 1 aliphatic rings. The van der Waals surface area contributed by atoms with Crippen molar-refractivity contribution in [3.63, 3.8) is 0 Å². The molecule has 0 aromatic carbocycles. The molecule has 0 heterocycles. The predicted molar refractivity (Wildman–Crippen MR) is 52.9 cm³/mol. The van der Waals surface area contributed by atoms with Gasteiger partial charge in [-0.1, -0.05) is 11.6 Å². The Hall–Kier alpha value is -0.870. The van der Waals surface area contributed by atoms with E-state index < -0.39 is 5.97 Å². The van der Waals surface area contributed by atoms with Gasteiger partial charge in [-0.25, -0.2) is 0 Å². The lowest BCUT2D eigenvalue weighted by Crippen LogP contribution is -2.27. The van der Waals surface area contributed by atoms with Crippen LogP contribution in [-0.4, -0.2) is 30.3 Å². The van der Waals surface area contributed by atoms with Gasteiger partial charge in [-0.15, -0.1) is 0 Å². The number of allylic oxidation sites excluding steroid dienone is 1. The maximum Gasteiger partial charge on any atom is 0.306 e. The lowest BCUT2D eigenvalue weighted by atomic mass is 9.88. The monoisotopic (exact) mass is 199 g/mol. The van der Waals surface area contributed by atoms with E-state index in [-0.39, 0.29) is 12.0 Å². The minimum Gasteiger partial charge on any atom is -0.481 e. The van der Waals surface area contributed by atoms with E-state index in [1.54, 1.807) is 0 Å². The summed E-state index contributed by atoms with van der Waals surface area (Å²) in [5.41, 5.74) is 6.40. The van der Waals surface area contributed by atoms with Crippen LogP contribution in [0.5, 0.6) is 0 Å². The summed E-state index contributed by atoms with van der Waals surface area (Å²) in [4.78, 5) is 10.8. The smallest absolute Gasteiger partial charge is 0.306 e. The predicted octanol–water partition coefficient (Wildman–Crippen LogP) is 0.771. The topological polar surface area (TPSA) is 72.5 Å². The Morgan fingerprint density at radius 3 is 3.07 bits per heavy atom. The van der Waals surface area contributed by atoms with Crippen molar-refractivity contribution in [1.82, 2.24) is 0 Å². The number of hydrogen-bond donors (Lipinski definition) is 2. The number of nitrogens with two attached hydrogens (primary N) is 1. The summed E-state index contributed by atoms with van der Waals surface area (Å²) in [7, 11) is 0. The Kier molecular flexibility index (Phi) is 4.10. The van der Waals surface area contributed by atoms with Crippen molar-refractivity contribution in [3.8, 4) is 0 Å². The van der Waals surface area contributed by atoms with E-state index in [2.05, 4.69) is 0 Å². The standard InChI is InChI=1S/C10H17NO3/c1-7-4-8(10(12)13)6-9(5-7)14-3-2-11/h5,8-9H,2-4,6,11H2,1H3,(H,12,13). The molecule has 14 heavy (non-hydrogen) atoms. The summed E-state index contributed by atoms with van der Waals surface area (Å²) in [6.45, 7) is 2.90. The van der Waals surface area contributed by atoms with Crippen LogP contribution in [0.4, 0.5) is 0 Å². The number of hydrogen-bond acceptors (Lipinski definition) is 3. The summed E-state index contributed by atoms with van der Waals surface area (Å²) in [6.07, 6.45) is 3.12. The van der Waals surface area contributed by atoms with Crippen LogP contribution in [0.2, 0.25) is 0 Å². The van der Waals surface area contributed by atoms with Crippen LogP contribution in [0, 0.1) is 5.92 Å². The molecule has 3 N–H and O–H groups in total. The van der Waals surface area contributed by atoms with E-state index >= 15 is 0 Å². The molecule has 2 unspecified atom stereocenters. The fraction of sp³-hybridized carbons (Fsp3) is 0.700. The first kappa shape index (κ1) is 11.2. The Balaban J connectivity index is 2.52. The molecule has 2 atom stereocenters. The van der Waals surface area contributed by atoms with Crippen molar-refractivity contribution in [3.05, 3.63) is 11.6 Å². The van der Waals surface area contributed by atoms with Gasteiger partial charge in [-0.05, 0) is 19.8 Å². The third-order valence-electron chi connectivity index (χ3n) is 2.35. The minimum absolute atomic E-state index is 0.0756. The molecule has 4 heteroatoms. The maximum absolute atomic E-state index is 10.8. The van der Waals surface area contributed by atoms with E-state index in [0.29, 0.717) is 26.0 Å². The quantitative estimate of drug-likeness (QED) is 0.656. The first-order valence-corrected chi connectivity index (χ1v) is 4.85. The number of ether oxygens (including phenoxy) is 1. The van der Waals surface area contributed by atoms with Gasteiger partial charge in [-0.2, -0.15) is 0 Å². The Bertz CT molecular complexity index is 238. The van der Waals surface area contributed by atoms with Crippen LogP contribution in [0.25, 0.3) is 0 Å². The Labute approximate surface area is 83.7 Å². The molecule has 4 nitrogen and oxygen atoms in total. The Morgan fingerprint density at radius 1 is 1.79 bits per heavy atom. The largest absolute Gasteiger partial charge is 0.481 e.